The molecule has 1 rings (SSSR count). The standard InChI is InChI=1S/C9H11N3O3/c1-6-3-2-4-7(9(6)12(14)15)11-5-8(10)13/h2-4,11H,5H2,1H3,(H2,10,13). The van der Waals surface area contributed by atoms with Gasteiger partial charge in [0.25, 0.3) is 5.69 Å². The van der Waals surface area contributed by atoms with E-state index in [0.29, 0.717) is 11.3 Å². The number of primary amides is 1. The molecule has 1 aromatic rings. The Balaban J connectivity index is 3.01. The summed E-state index contributed by atoms with van der Waals surface area (Å²) in [6.45, 7) is 1.51. The molecular formula is C9H11N3O3. The topological polar surface area (TPSA) is 98.3 Å². The molecule has 0 fully saturated rings. The molecule has 0 unspecified atom stereocenters. The molecule has 0 aliphatic carbocycles. The van der Waals surface area contributed by atoms with Gasteiger partial charge in [0.2, 0.25) is 5.91 Å². The zero-order valence-electron chi connectivity index (χ0n) is 8.19. The molecule has 1 amide bonds. The first-order valence-corrected chi connectivity index (χ1v) is 4.28. The molecule has 3 N–H and O–H groups in total. The number of hydrogen-bond acceptors (Lipinski definition) is 4. The van der Waals surface area contributed by atoms with Crippen LogP contribution in [0.15, 0.2) is 18.2 Å². The van der Waals surface area contributed by atoms with E-state index in [1.165, 1.54) is 6.07 Å². The Kier molecular flexibility index (Phi) is 3.22. The quantitative estimate of drug-likeness (QED) is 0.566. The highest BCUT2D eigenvalue weighted by Crippen LogP contribution is 2.27. The van der Waals surface area contributed by atoms with Gasteiger partial charge in [-0.1, -0.05) is 12.1 Å². The number of aryl methyl sites for hydroxylation is 1. The van der Waals surface area contributed by atoms with Crippen molar-refractivity contribution in [1.82, 2.24) is 0 Å². The van der Waals surface area contributed by atoms with Gasteiger partial charge in [-0.05, 0) is 13.0 Å². The highest BCUT2D eigenvalue weighted by atomic mass is 16.6. The van der Waals surface area contributed by atoms with Crippen LogP contribution in [0.25, 0.3) is 0 Å². The molecular weight excluding hydrogens is 198 g/mol. The summed E-state index contributed by atoms with van der Waals surface area (Å²) in [5.41, 5.74) is 5.75. The highest BCUT2D eigenvalue weighted by molar-refractivity contribution is 5.80. The maximum absolute atomic E-state index is 10.7. The predicted molar refractivity (Wildman–Crippen MR) is 55.5 cm³/mol. The van der Waals surface area contributed by atoms with Gasteiger partial charge in [0, 0.05) is 5.56 Å². The Bertz CT molecular complexity index is 404. The molecule has 0 saturated heterocycles. The van der Waals surface area contributed by atoms with E-state index in [2.05, 4.69) is 5.32 Å². The lowest BCUT2D eigenvalue weighted by atomic mass is 10.1. The number of benzene rings is 1. The summed E-state index contributed by atoms with van der Waals surface area (Å²) in [4.78, 5) is 20.8. The number of hydrogen-bond donors (Lipinski definition) is 2. The predicted octanol–water partition coefficient (Wildman–Crippen LogP) is 0.800. The zero-order chi connectivity index (χ0) is 11.4. The number of nitrogens with one attached hydrogen (secondary N) is 1. The lowest BCUT2D eigenvalue weighted by Gasteiger charge is -2.06. The van der Waals surface area contributed by atoms with Crippen LogP contribution >= 0.6 is 0 Å². The van der Waals surface area contributed by atoms with Crippen molar-refractivity contribution in [2.24, 2.45) is 5.73 Å². The number of carbonyl (C=O) groups excluding carboxylic acids is 1. The highest BCUT2D eigenvalue weighted by Gasteiger charge is 2.16. The fraction of sp³-hybridized carbons (Fsp3) is 0.222. The second kappa shape index (κ2) is 4.41. The van der Waals surface area contributed by atoms with Crippen LogP contribution in [0.2, 0.25) is 0 Å². The fourth-order valence-electron chi connectivity index (χ4n) is 1.23. The third-order valence-corrected chi connectivity index (χ3v) is 1.87. The van der Waals surface area contributed by atoms with Gasteiger partial charge in [-0.25, -0.2) is 0 Å². The van der Waals surface area contributed by atoms with E-state index in [1.54, 1.807) is 19.1 Å². The Morgan fingerprint density at radius 3 is 2.80 bits per heavy atom. The molecule has 6 nitrogen and oxygen atoms in total. The summed E-state index contributed by atoms with van der Waals surface area (Å²) in [5.74, 6) is -0.564. The van der Waals surface area contributed by atoms with E-state index < -0.39 is 10.8 Å². The first-order chi connectivity index (χ1) is 7.02. The molecule has 0 aromatic heterocycles. The molecule has 0 bridgehead atoms. The molecule has 1 aromatic carbocycles. The Morgan fingerprint density at radius 1 is 1.60 bits per heavy atom. The molecule has 0 spiro atoms. The lowest BCUT2D eigenvalue weighted by Crippen LogP contribution is -2.22. The summed E-state index contributed by atoms with van der Waals surface area (Å²) in [7, 11) is 0. The van der Waals surface area contributed by atoms with Gasteiger partial charge >= 0.3 is 0 Å². The average molecular weight is 209 g/mol. The maximum atomic E-state index is 10.7. The summed E-state index contributed by atoms with van der Waals surface area (Å²) in [6.07, 6.45) is 0. The van der Waals surface area contributed by atoms with Crippen molar-refractivity contribution >= 4 is 17.3 Å². The van der Waals surface area contributed by atoms with E-state index >= 15 is 0 Å². The molecule has 0 aliphatic heterocycles. The largest absolute Gasteiger partial charge is 0.371 e. The van der Waals surface area contributed by atoms with Crippen LogP contribution < -0.4 is 11.1 Å². The van der Waals surface area contributed by atoms with Crippen molar-refractivity contribution in [1.29, 1.82) is 0 Å². The van der Waals surface area contributed by atoms with Crippen LogP contribution in [0.4, 0.5) is 11.4 Å². The van der Waals surface area contributed by atoms with Crippen LogP contribution in [-0.4, -0.2) is 17.4 Å². The van der Waals surface area contributed by atoms with Crippen LogP contribution in [0, 0.1) is 17.0 Å². The van der Waals surface area contributed by atoms with Crippen molar-refractivity contribution in [2.45, 2.75) is 6.92 Å². The number of amides is 1. The van der Waals surface area contributed by atoms with Gasteiger partial charge in [-0.15, -0.1) is 0 Å². The smallest absolute Gasteiger partial charge is 0.295 e. The van der Waals surface area contributed by atoms with E-state index in [1.807, 2.05) is 0 Å². The van der Waals surface area contributed by atoms with Gasteiger partial charge < -0.3 is 11.1 Å². The second-order valence-electron chi connectivity index (χ2n) is 3.05. The number of rotatable bonds is 4. The molecule has 0 heterocycles. The summed E-state index contributed by atoms with van der Waals surface area (Å²) in [5, 5.41) is 13.4. The number of nitrogens with two attached hydrogens (primary N) is 1. The Hall–Kier alpha value is -2.11. The number of nitro benzene ring substituents is 1. The maximum Gasteiger partial charge on any atom is 0.295 e. The Labute approximate surface area is 86.2 Å². The third-order valence-electron chi connectivity index (χ3n) is 1.87. The first kappa shape index (κ1) is 11.0. The summed E-state index contributed by atoms with van der Waals surface area (Å²) in [6, 6.07) is 4.84. The van der Waals surface area contributed by atoms with Gasteiger partial charge in [-0.3, -0.25) is 14.9 Å². The number of carbonyl (C=O) groups is 1. The van der Waals surface area contributed by atoms with E-state index in [9.17, 15) is 14.9 Å². The SMILES string of the molecule is Cc1cccc(NCC(N)=O)c1[N+](=O)[O-]. The first-order valence-electron chi connectivity index (χ1n) is 4.28. The lowest BCUT2D eigenvalue weighted by molar-refractivity contribution is -0.384. The van der Waals surface area contributed by atoms with Gasteiger partial charge in [0.15, 0.2) is 0 Å². The fourth-order valence-corrected chi connectivity index (χ4v) is 1.23. The minimum Gasteiger partial charge on any atom is -0.371 e. The summed E-state index contributed by atoms with van der Waals surface area (Å²) >= 11 is 0. The second-order valence-corrected chi connectivity index (χ2v) is 3.05. The van der Waals surface area contributed by atoms with Crippen LogP contribution in [0.3, 0.4) is 0 Å². The molecule has 0 aliphatic rings. The minimum absolute atomic E-state index is 0.0289. The van der Waals surface area contributed by atoms with Crippen LogP contribution in [0.1, 0.15) is 5.56 Å². The van der Waals surface area contributed by atoms with E-state index in [0.717, 1.165) is 0 Å². The normalized spacial score (nSPS) is 9.67. The van der Waals surface area contributed by atoms with Crippen molar-refractivity contribution in [3.8, 4) is 0 Å². The van der Waals surface area contributed by atoms with Crippen molar-refractivity contribution < 1.29 is 9.72 Å². The van der Waals surface area contributed by atoms with Crippen LogP contribution in [-0.2, 0) is 4.79 Å². The van der Waals surface area contributed by atoms with Gasteiger partial charge in [-0.2, -0.15) is 0 Å². The van der Waals surface area contributed by atoms with Crippen molar-refractivity contribution in [2.75, 3.05) is 11.9 Å². The molecule has 80 valence electrons. The van der Waals surface area contributed by atoms with Crippen molar-refractivity contribution in [3.05, 3.63) is 33.9 Å². The number of nitro groups is 1. The molecule has 0 saturated carbocycles. The third kappa shape index (κ3) is 2.67. The van der Waals surface area contributed by atoms with Crippen molar-refractivity contribution in [3.63, 3.8) is 0 Å². The average Bonchev–Trinajstić information content (AvgIpc) is 2.13. The summed E-state index contributed by atoms with van der Waals surface area (Å²) < 4.78 is 0. The Morgan fingerprint density at radius 2 is 2.27 bits per heavy atom. The van der Waals surface area contributed by atoms with E-state index in [4.69, 9.17) is 5.73 Å². The zero-order valence-corrected chi connectivity index (χ0v) is 8.19. The molecule has 0 radical (unpaired) electrons. The minimum atomic E-state index is -0.564. The number of nitrogens with zero attached hydrogens (tertiary/aromatic N) is 1. The molecule has 6 heteroatoms. The number of anilines is 1. The van der Waals surface area contributed by atoms with Gasteiger partial charge in [0.1, 0.15) is 5.69 Å². The number of para-hydroxylation sites is 1. The van der Waals surface area contributed by atoms with Crippen LogP contribution in [0.5, 0.6) is 0 Å². The molecule has 0 atom stereocenters. The molecule has 15 heavy (non-hydrogen) atoms. The monoisotopic (exact) mass is 209 g/mol. The van der Waals surface area contributed by atoms with Gasteiger partial charge in [0.05, 0.1) is 11.5 Å². The van der Waals surface area contributed by atoms with E-state index in [-0.39, 0.29) is 12.2 Å².